The van der Waals surface area contributed by atoms with E-state index < -0.39 is 6.10 Å². The third-order valence-corrected chi connectivity index (χ3v) is 4.03. The van der Waals surface area contributed by atoms with Crippen molar-refractivity contribution >= 4 is 5.97 Å². The van der Waals surface area contributed by atoms with Crippen molar-refractivity contribution in [3.05, 3.63) is 59.7 Å². The molecule has 0 aliphatic carbocycles. The van der Waals surface area contributed by atoms with Crippen molar-refractivity contribution in [3.8, 4) is 0 Å². The van der Waals surface area contributed by atoms with Crippen molar-refractivity contribution in [3.63, 3.8) is 0 Å². The SMILES string of the molecule is CCOC(=O)/C=C/C(C)=C/C[C@@H](O)[C@@H](C)[C@H](OCOC)c1ccccc1. The molecule has 0 saturated heterocycles. The van der Waals surface area contributed by atoms with Crippen LogP contribution in [0.3, 0.4) is 0 Å². The molecule has 1 rings (SSSR count). The smallest absolute Gasteiger partial charge is 0.330 e. The van der Waals surface area contributed by atoms with E-state index in [-0.39, 0.29) is 24.8 Å². The van der Waals surface area contributed by atoms with E-state index >= 15 is 0 Å². The maximum absolute atomic E-state index is 11.3. The number of allylic oxidation sites excluding steroid dienone is 2. The largest absolute Gasteiger partial charge is 0.463 e. The van der Waals surface area contributed by atoms with E-state index in [1.54, 1.807) is 20.1 Å². The van der Waals surface area contributed by atoms with Crippen molar-refractivity contribution in [1.29, 1.82) is 0 Å². The van der Waals surface area contributed by atoms with E-state index in [2.05, 4.69) is 0 Å². The molecule has 26 heavy (non-hydrogen) atoms. The number of aliphatic hydroxyl groups excluding tert-OH is 1. The first-order chi connectivity index (χ1) is 12.5. The van der Waals surface area contributed by atoms with Gasteiger partial charge >= 0.3 is 5.97 Å². The molecule has 5 nitrogen and oxygen atoms in total. The van der Waals surface area contributed by atoms with E-state index in [1.165, 1.54) is 6.08 Å². The van der Waals surface area contributed by atoms with Gasteiger partial charge in [0.25, 0.3) is 0 Å². The Labute approximate surface area is 156 Å². The topological polar surface area (TPSA) is 65.0 Å². The Bertz CT molecular complexity index is 579. The lowest BCUT2D eigenvalue weighted by Gasteiger charge is -2.28. The van der Waals surface area contributed by atoms with E-state index in [0.29, 0.717) is 13.0 Å². The standard InChI is InChI=1S/C21H30O5/c1-5-25-20(23)14-12-16(2)11-13-19(22)17(3)21(26-15-24-4)18-9-7-6-8-10-18/h6-12,14,17,19,21-22H,5,13,15H2,1-4H3/b14-12+,16-11+/t17-,19-,21+/m1/s1. The van der Waals surface area contributed by atoms with Gasteiger partial charge in [-0.1, -0.05) is 55.0 Å². The minimum absolute atomic E-state index is 0.134. The second kappa shape index (κ2) is 12.4. The predicted molar refractivity (Wildman–Crippen MR) is 101 cm³/mol. The van der Waals surface area contributed by atoms with Crippen LogP contribution < -0.4 is 0 Å². The molecular weight excluding hydrogens is 332 g/mol. The van der Waals surface area contributed by atoms with Crippen LogP contribution in [0.5, 0.6) is 0 Å². The van der Waals surface area contributed by atoms with Crippen molar-refractivity contribution in [2.24, 2.45) is 5.92 Å². The number of carbonyl (C=O) groups excluding carboxylic acids is 1. The summed E-state index contributed by atoms with van der Waals surface area (Å²) in [6.45, 7) is 6.11. The number of methoxy groups -OCH3 is 1. The molecule has 0 spiro atoms. The molecule has 5 heteroatoms. The van der Waals surface area contributed by atoms with Crippen LogP contribution in [-0.2, 0) is 19.0 Å². The molecule has 0 heterocycles. The molecule has 0 unspecified atom stereocenters. The zero-order valence-electron chi connectivity index (χ0n) is 16.1. The second-order valence-electron chi connectivity index (χ2n) is 6.10. The second-order valence-corrected chi connectivity index (χ2v) is 6.10. The zero-order valence-corrected chi connectivity index (χ0v) is 16.1. The molecule has 0 amide bonds. The molecule has 0 bridgehead atoms. The highest BCUT2D eigenvalue weighted by Gasteiger charge is 2.26. The maximum atomic E-state index is 11.3. The highest BCUT2D eigenvalue weighted by atomic mass is 16.7. The molecule has 3 atom stereocenters. The number of rotatable bonds is 11. The van der Waals surface area contributed by atoms with Crippen LogP contribution in [0.25, 0.3) is 0 Å². The summed E-state index contributed by atoms with van der Waals surface area (Å²) in [5.41, 5.74) is 1.89. The first-order valence-corrected chi connectivity index (χ1v) is 8.84. The van der Waals surface area contributed by atoms with Gasteiger partial charge in [-0.05, 0) is 25.8 Å². The highest BCUT2D eigenvalue weighted by Crippen LogP contribution is 2.29. The van der Waals surface area contributed by atoms with Crippen molar-refractivity contribution < 1.29 is 24.1 Å². The number of hydrogen-bond acceptors (Lipinski definition) is 5. The Balaban J connectivity index is 2.71. The Kier molecular flexibility index (Phi) is 10.5. The number of ether oxygens (including phenoxy) is 3. The average molecular weight is 362 g/mol. The Morgan fingerprint density at radius 2 is 1.92 bits per heavy atom. The number of carbonyl (C=O) groups is 1. The summed E-state index contributed by atoms with van der Waals surface area (Å²) >= 11 is 0. The third-order valence-electron chi connectivity index (χ3n) is 4.03. The van der Waals surface area contributed by atoms with E-state index in [0.717, 1.165) is 11.1 Å². The van der Waals surface area contributed by atoms with Crippen LogP contribution in [0.15, 0.2) is 54.1 Å². The fraction of sp³-hybridized carbons (Fsp3) is 0.476. The normalized spacial score (nSPS) is 15.7. The number of esters is 1. The molecule has 1 N–H and O–H groups in total. The lowest BCUT2D eigenvalue weighted by atomic mass is 9.90. The first kappa shape index (κ1) is 22.1. The van der Waals surface area contributed by atoms with Gasteiger partial charge in [-0.3, -0.25) is 0 Å². The van der Waals surface area contributed by atoms with Crippen LogP contribution in [0.4, 0.5) is 0 Å². The molecule has 144 valence electrons. The fourth-order valence-electron chi connectivity index (χ4n) is 2.52. The van der Waals surface area contributed by atoms with Gasteiger partial charge in [0, 0.05) is 19.1 Å². The lowest BCUT2D eigenvalue weighted by Crippen LogP contribution is -2.26. The summed E-state index contributed by atoms with van der Waals surface area (Å²) in [4.78, 5) is 11.3. The van der Waals surface area contributed by atoms with E-state index in [9.17, 15) is 9.90 Å². The van der Waals surface area contributed by atoms with Gasteiger partial charge in [0.2, 0.25) is 0 Å². The number of aliphatic hydroxyl groups is 1. The van der Waals surface area contributed by atoms with Gasteiger partial charge in [0.15, 0.2) is 0 Å². The van der Waals surface area contributed by atoms with Crippen molar-refractivity contribution in [2.45, 2.75) is 39.4 Å². The molecule has 1 aromatic carbocycles. The van der Waals surface area contributed by atoms with Crippen LogP contribution in [0, 0.1) is 5.92 Å². The molecule has 0 aliphatic heterocycles. The van der Waals surface area contributed by atoms with Gasteiger partial charge in [0.05, 0.1) is 18.8 Å². The van der Waals surface area contributed by atoms with Crippen LogP contribution >= 0.6 is 0 Å². The lowest BCUT2D eigenvalue weighted by molar-refractivity contribution is -0.137. The van der Waals surface area contributed by atoms with Crippen molar-refractivity contribution in [2.75, 3.05) is 20.5 Å². The Morgan fingerprint density at radius 3 is 2.54 bits per heavy atom. The summed E-state index contributed by atoms with van der Waals surface area (Å²) in [5.74, 6) is -0.503. The number of benzene rings is 1. The summed E-state index contributed by atoms with van der Waals surface area (Å²) in [5, 5.41) is 10.6. The Morgan fingerprint density at radius 1 is 1.23 bits per heavy atom. The fourth-order valence-corrected chi connectivity index (χ4v) is 2.52. The minimum Gasteiger partial charge on any atom is -0.463 e. The zero-order chi connectivity index (χ0) is 19.4. The molecule has 0 aliphatic rings. The van der Waals surface area contributed by atoms with Gasteiger partial charge in [0.1, 0.15) is 6.79 Å². The van der Waals surface area contributed by atoms with Crippen LogP contribution in [0.2, 0.25) is 0 Å². The van der Waals surface area contributed by atoms with Gasteiger partial charge in [-0.25, -0.2) is 4.79 Å². The van der Waals surface area contributed by atoms with Crippen LogP contribution in [0.1, 0.15) is 38.9 Å². The van der Waals surface area contributed by atoms with Gasteiger partial charge in [-0.2, -0.15) is 0 Å². The van der Waals surface area contributed by atoms with Crippen LogP contribution in [-0.4, -0.2) is 37.7 Å². The molecule has 0 radical (unpaired) electrons. The maximum Gasteiger partial charge on any atom is 0.330 e. The minimum atomic E-state index is -0.594. The number of hydrogen-bond donors (Lipinski definition) is 1. The monoisotopic (exact) mass is 362 g/mol. The van der Waals surface area contributed by atoms with Gasteiger partial charge in [-0.15, -0.1) is 0 Å². The molecule has 0 fully saturated rings. The summed E-state index contributed by atoms with van der Waals surface area (Å²) < 4.78 is 15.7. The van der Waals surface area contributed by atoms with E-state index in [1.807, 2.05) is 50.3 Å². The highest BCUT2D eigenvalue weighted by molar-refractivity contribution is 5.82. The Hall–Kier alpha value is -1.95. The summed E-state index contributed by atoms with van der Waals surface area (Å²) in [7, 11) is 1.57. The average Bonchev–Trinajstić information content (AvgIpc) is 2.65. The summed E-state index contributed by atoms with van der Waals surface area (Å²) in [6.07, 6.45) is 4.57. The molecule has 0 aromatic heterocycles. The van der Waals surface area contributed by atoms with Gasteiger partial charge < -0.3 is 19.3 Å². The van der Waals surface area contributed by atoms with Crippen molar-refractivity contribution in [1.82, 2.24) is 0 Å². The predicted octanol–water partition coefficient (Wildman–Crippen LogP) is 3.80. The molecule has 0 saturated carbocycles. The summed E-state index contributed by atoms with van der Waals surface area (Å²) in [6, 6.07) is 9.79. The molecule has 1 aromatic rings. The molecular formula is C21H30O5. The van der Waals surface area contributed by atoms with E-state index in [4.69, 9.17) is 14.2 Å². The quantitative estimate of drug-likeness (QED) is 0.281. The third kappa shape index (κ3) is 7.95. The first-order valence-electron chi connectivity index (χ1n) is 8.84.